The molecule has 2 aromatic rings. The van der Waals surface area contributed by atoms with Crippen molar-refractivity contribution >= 4 is 33.0 Å². The fraction of sp³-hybridized carbons (Fsp3) is 0.308. The molecule has 21 heavy (non-hydrogen) atoms. The third-order valence-electron chi connectivity index (χ3n) is 2.78. The summed E-state index contributed by atoms with van der Waals surface area (Å²) in [6.07, 6.45) is 0.523. The van der Waals surface area contributed by atoms with E-state index in [1.165, 1.54) is 23.5 Å². The molecule has 0 spiro atoms. The molecular weight excluding hydrogens is 335 g/mol. The highest BCUT2D eigenvalue weighted by molar-refractivity contribution is 7.90. The summed E-state index contributed by atoms with van der Waals surface area (Å²) in [6.45, 7) is 2.12. The lowest BCUT2D eigenvalue weighted by Crippen LogP contribution is -2.26. The summed E-state index contributed by atoms with van der Waals surface area (Å²) in [4.78, 5) is 5.37. The Labute approximate surface area is 132 Å². The third-order valence-corrected chi connectivity index (χ3v) is 5.84. The molecule has 0 atom stereocenters. The van der Waals surface area contributed by atoms with Crippen LogP contribution in [0.25, 0.3) is 10.6 Å². The number of aromatic nitrogens is 1. The van der Waals surface area contributed by atoms with E-state index in [9.17, 15) is 12.8 Å². The molecule has 1 aromatic heterocycles. The van der Waals surface area contributed by atoms with Crippen LogP contribution in [0.2, 0.25) is 0 Å². The van der Waals surface area contributed by atoms with Crippen molar-refractivity contribution in [3.8, 4) is 10.6 Å². The second-order valence-corrected chi connectivity index (χ2v) is 7.88. The number of rotatable bonds is 6. The lowest BCUT2D eigenvalue weighted by Gasteiger charge is -2.02. The normalized spacial score (nSPS) is 11.8. The van der Waals surface area contributed by atoms with Crippen LogP contribution in [0, 0.1) is 12.7 Å². The van der Waals surface area contributed by atoms with Gasteiger partial charge >= 0.3 is 0 Å². The second-order valence-electron chi connectivity index (χ2n) is 4.41. The molecule has 1 aromatic carbocycles. The highest BCUT2D eigenvalue weighted by atomic mass is 35.5. The number of nitrogens with zero attached hydrogens (tertiary/aromatic N) is 1. The van der Waals surface area contributed by atoms with Crippen LogP contribution in [-0.2, 0) is 16.4 Å². The minimum atomic E-state index is -3.40. The van der Waals surface area contributed by atoms with Gasteiger partial charge in [0.05, 0.1) is 5.69 Å². The Kier molecular flexibility index (Phi) is 5.32. The summed E-state index contributed by atoms with van der Waals surface area (Å²) in [7, 11) is -3.40. The first-order valence-corrected chi connectivity index (χ1v) is 9.17. The van der Waals surface area contributed by atoms with Crippen molar-refractivity contribution in [1.29, 1.82) is 0 Å². The molecule has 0 radical (unpaired) electrons. The van der Waals surface area contributed by atoms with Gasteiger partial charge in [-0.3, -0.25) is 0 Å². The van der Waals surface area contributed by atoms with Crippen LogP contribution in [-0.4, -0.2) is 25.2 Å². The Morgan fingerprint density at radius 1 is 1.43 bits per heavy atom. The maximum absolute atomic E-state index is 13.2. The number of sulfonamides is 1. The minimum Gasteiger partial charge on any atom is -0.241 e. The van der Waals surface area contributed by atoms with Crippen LogP contribution in [0.1, 0.15) is 10.6 Å². The molecule has 114 valence electrons. The lowest BCUT2D eigenvalue weighted by atomic mass is 10.2. The topological polar surface area (TPSA) is 59.1 Å². The van der Waals surface area contributed by atoms with Crippen LogP contribution in [0.15, 0.2) is 24.3 Å². The van der Waals surface area contributed by atoms with Gasteiger partial charge in [0.15, 0.2) is 0 Å². The summed E-state index contributed by atoms with van der Waals surface area (Å²) in [6, 6.07) is 6.24. The van der Waals surface area contributed by atoms with E-state index in [0.29, 0.717) is 6.42 Å². The first-order valence-electron chi connectivity index (χ1n) is 6.17. The van der Waals surface area contributed by atoms with Gasteiger partial charge in [-0.2, -0.15) is 0 Å². The monoisotopic (exact) mass is 348 g/mol. The number of benzene rings is 1. The van der Waals surface area contributed by atoms with Crippen molar-refractivity contribution in [2.45, 2.75) is 13.3 Å². The first-order chi connectivity index (χ1) is 9.91. The van der Waals surface area contributed by atoms with E-state index >= 15 is 0 Å². The van der Waals surface area contributed by atoms with Crippen molar-refractivity contribution in [3.63, 3.8) is 0 Å². The molecule has 0 aliphatic heterocycles. The van der Waals surface area contributed by atoms with Gasteiger partial charge in [0.25, 0.3) is 0 Å². The fourth-order valence-corrected chi connectivity index (χ4v) is 3.54. The van der Waals surface area contributed by atoms with E-state index in [4.69, 9.17) is 11.6 Å². The average molecular weight is 349 g/mol. The first kappa shape index (κ1) is 16.4. The second kappa shape index (κ2) is 6.83. The highest BCUT2D eigenvalue weighted by Gasteiger charge is 2.12. The molecule has 8 heteroatoms. The van der Waals surface area contributed by atoms with Crippen molar-refractivity contribution in [2.75, 3.05) is 11.8 Å². The molecule has 2 rings (SSSR count). The Morgan fingerprint density at radius 3 is 2.86 bits per heavy atom. The molecule has 1 heterocycles. The van der Waals surface area contributed by atoms with Gasteiger partial charge < -0.3 is 0 Å². The van der Waals surface area contributed by atoms with Gasteiger partial charge in [0.1, 0.15) is 16.0 Å². The zero-order valence-electron chi connectivity index (χ0n) is 11.3. The number of halogens is 2. The van der Waals surface area contributed by atoms with Crippen LogP contribution in [0.5, 0.6) is 0 Å². The average Bonchev–Trinajstić information content (AvgIpc) is 2.80. The summed E-state index contributed by atoms with van der Waals surface area (Å²) in [5.74, 6) is -0.309. The van der Waals surface area contributed by atoms with Crippen LogP contribution in [0.4, 0.5) is 4.39 Å². The molecule has 0 unspecified atom stereocenters. The molecule has 0 saturated heterocycles. The maximum atomic E-state index is 13.2. The fourth-order valence-electron chi connectivity index (χ4n) is 1.76. The van der Waals surface area contributed by atoms with Gasteiger partial charge in [-0.05, 0) is 25.5 Å². The van der Waals surface area contributed by atoms with E-state index < -0.39 is 15.2 Å². The summed E-state index contributed by atoms with van der Waals surface area (Å²) < 4.78 is 38.1. The van der Waals surface area contributed by atoms with E-state index in [-0.39, 0.29) is 12.4 Å². The van der Waals surface area contributed by atoms with Gasteiger partial charge in [0, 0.05) is 17.0 Å². The van der Waals surface area contributed by atoms with E-state index in [1.807, 2.05) is 6.92 Å². The predicted octanol–water partition coefficient (Wildman–Crippen LogP) is 2.92. The molecular formula is C13H14ClFN2O2S2. The number of nitrogens with one attached hydrogen (secondary N) is 1. The van der Waals surface area contributed by atoms with Crippen LogP contribution in [0.3, 0.4) is 0 Å². The number of alkyl halides is 1. The Balaban J connectivity index is 2.09. The molecule has 0 saturated carbocycles. The van der Waals surface area contributed by atoms with E-state index in [2.05, 4.69) is 9.71 Å². The standard InChI is InChI=1S/C13H14ClFN2O2S2/c1-9-12(5-6-16-21(18,19)8-14)20-13(17-9)10-3-2-4-11(15)7-10/h2-4,7,16H,5-6,8H2,1H3. The molecule has 0 aliphatic carbocycles. The van der Waals surface area contributed by atoms with Crippen LogP contribution < -0.4 is 4.72 Å². The van der Waals surface area contributed by atoms with E-state index in [1.54, 1.807) is 12.1 Å². The molecule has 0 bridgehead atoms. The van der Waals surface area contributed by atoms with Crippen molar-refractivity contribution in [3.05, 3.63) is 40.7 Å². The molecule has 0 amide bonds. The van der Waals surface area contributed by atoms with Gasteiger partial charge in [-0.1, -0.05) is 12.1 Å². The zero-order valence-corrected chi connectivity index (χ0v) is 13.7. The largest absolute Gasteiger partial charge is 0.241 e. The third kappa shape index (κ3) is 4.47. The Morgan fingerprint density at radius 2 is 2.19 bits per heavy atom. The number of aryl methyl sites for hydroxylation is 1. The molecule has 0 aliphatic rings. The number of hydrogen-bond acceptors (Lipinski definition) is 4. The smallest absolute Gasteiger partial charge is 0.225 e. The van der Waals surface area contributed by atoms with Gasteiger partial charge in [0.2, 0.25) is 10.0 Å². The summed E-state index contributed by atoms with van der Waals surface area (Å²) in [5, 5.41) is 0.269. The van der Waals surface area contributed by atoms with Gasteiger partial charge in [-0.25, -0.2) is 22.5 Å². The quantitative estimate of drug-likeness (QED) is 0.816. The zero-order chi connectivity index (χ0) is 15.5. The number of thiazole rings is 1. The predicted molar refractivity (Wildman–Crippen MR) is 83.6 cm³/mol. The minimum absolute atomic E-state index is 0.265. The lowest BCUT2D eigenvalue weighted by molar-refractivity contribution is 0.586. The van der Waals surface area contributed by atoms with Crippen LogP contribution >= 0.6 is 22.9 Å². The van der Waals surface area contributed by atoms with E-state index in [0.717, 1.165) is 21.1 Å². The maximum Gasteiger partial charge on any atom is 0.225 e. The summed E-state index contributed by atoms with van der Waals surface area (Å²) in [5.41, 5.74) is 1.54. The number of hydrogen-bond donors (Lipinski definition) is 1. The van der Waals surface area contributed by atoms with Gasteiger partial charge in [-0.15, -0.1) is 22.9 Å². The Hall–Kier alpha value is -1.02. The molecule has 1 N–H and O–H groups in total. The summed E-state index contributed by atoms with van der Waals surface area (Å²) >= 11 is 6.74. The van der Waals surface area contributed by atoms with Crippen molar-refractivity contribution in [2.24, 2.45) is 0 Å². The molecule has 0 fully saturated rings. The molecule has 4 nitrogen and oxygen atoms in total. The van der Waals surface area contributed by atoms with Crippen molar-refractivity contribution < 1.29 is 12.8 Å². The SMILES string of the molecule is Cc1nc(-c2cccc(F)c2)sc1CCNS(=O)(=O)CCl. The highest BCUT2D eigenvalue weighted by Crippen LogP contribution is 2.28. The van der Waals surface area contributed by atoms with Crippen molar-refractivity contribution in [1.82, 2.24) is 9.71 Å². The Bertz CT molecular complexity index is 732.